The van der Waals surface area contributed by atoms with Crippen molar-refractivity contribution in [2.24, 2.45) is 0 Å². The van der Waals surface area contributed by atoms with Gasteiger partial charge in [0.15, 0.2) is 0 Å². The molecule has 0 fully saturated rings. The molecule has 1 aromatic rings. The normalized spacial score (nSPS) is 12.5. The van der Waals surface area contributed by atoms with Crippen molar-refractivity contribution in [1.82, 2.24) is 10.3 Å². The standard InChI is InChI=1S/C18H31BrN2/c1-3-5-6-7-8-9-10-11-17(20-4-2)14-18-13-12-16(19)15-21-18/h12-13,15,17,20H,3-11,14H2,1-2H3. The molecule has 0 spiro atoms. The second-order valence-corrected chi connectivity index (χ2v) is 6.75. The van der Waals surface area contributed by atoms with Gasteiger partial charge >= 0.3 is 0 Å². The topological polar surface area (TPSA) is 24.9 Å². The van der Waals surface area contributed by atoms with E-state index in [9.17, 15) is 0 Å². The molecule has 0 saturated carbocycles. The van der Waals surface area contributed by atoms with Crippen LogP contribution in [-0.4, -0.2) is 17.6 Å². The van der Waals surface area contributed by atoms with E-state index in [1.165, 1.54) is 57.1 Å². The van der Waals surface area contributed by atoms with Crippen molar-refractivity contribution in [2.45, 2.75) is 77.7 Å². The Hall–Kier alpha value is -0.410. The average Bonchev–Trinajstić information content (AvgIpc) is 2.49. The highest BCUT2D eigenvalue weighted by Crippen LogP contribution is 2.13. The molecular formula is C18H31BrN2. The van der Waals surface area contributed by atoms with Crippen LogP contribution in [0.5, 0.6) is 0 Å². The number of rotatable bonds is 12. The Bertz CT molecular complexity index is 351. The van der Waals surface area contributed by atoms with Crippen molar-refractivity contribution in [1.29, 1.82) is 0 Å². The highest BCUT2D eigenvalue weighted by atomic mass is 79.9. The van der Waals surface area contributed by atoms with Crippen LogP contribution in [0, 0.1) is 0 Å². The molecule has 0 aliphatic heterocycles. The van der Waals surface area contributed by atoms with Gasteiger partial charge in [0.05, 0.1) is 0 Å². The Morgan fingerprint density at radius 2 is 1.76 bits per heavy atom. The Balaban J connectivity index is 2.21. The summed E-state index contributed by atoms with van der Waals surface area (Å²) in [4.78, 5) is 4.49. The van der Waals surface area contributed by atoms with Gasteiger partial charge in [-0.15, -0.1) is 0 Å². The summed E-state index contributed by atoms with van der Waals surface area (Å²) in [6, 6.07) is 4.78. The molecule has 21 heavy (non-hydrogen) atoms. The number of hydrogen-bond donors (Lipinski definition) is 1. The smallest absolute Gasteiger partial charge is 0.0419 e. The van der Waals surface area contributed by atoms with Crippen LogP contribution in [-0.2, 0) is 6.42 Å². The third kappa shape index (κ3) is 9.26. The number of unbranched alkanes of at least 4 members (excludes halogenated alkanes) is 6. The minimum Gasteiger partial charge on any atom is -0.314 e. The maximum absolute atomic E-state index is 4.49. The molecule has 0 aromatic carbocycles. The van der Waals surface area contributed by atoms with E-state index in [1.54, 1.807) is 0 Å². The molecule has 1 N–H and O–H groups in total. The second kappa shape index (κ2) is 12.2. The van der Waals surface area contributed by atoms with Gasteiger partial charge in [-0.05, 0) is 41.0 Å². The zero-order chi connectivity index (χ0) is 15.3. The van der Waals surface area contributed by atoms with E-state index < -0.39 is 0 Å². The highest BCUT2D eigenvalue weighted by Gasteiger charge is 2.09. The first-order chi connectivity index (χ1) is 10.3. The van der Waals surface area contributed by atoms with Gasteiger partial charge in [0.1, 0.15) is 0 Å². The van der Waals surface area contributed by atoms with Crippen LogP contribution in [0.2, 0.25) is 0 Å². The van der Waals surface area contributed by atoms with Gasteiger partial charge in [-0.25, -0.2) is 0 Å². The summed E-state index contributed by atoms with van der Waals surface area (Å²) in [6.07, 6.45) is 13.9. The fourth-order valence-electron chi connectivity index (χ4n) is 2.69. The maximum Gasteiger partial charge on any atom is 0.0419 e. The first kappa shape index (κ1) is 18.6. The van der Waals surface area contributed by atoms with Crippen LogP contribution in [0.4, 0.5) is 0 Å². The van der Waals surface area contributed by atoms with Gasteiger partial charge < -0.3 is 5.32 Å². The van der Waals surface area contributed by atoms with Crippen LogP contribution in [0.3, 0.4) is 0 Å². The van der Waals surface area contributed by atoms with E-state index in [4.69, 9.17) is 0 Å². The third-order valence-electron chi connectivity index (χ3n) is 3.89. The molecule has 0 amide bonds. The lowest BCUT2D eigenvalue weighted by molar-refractivity contribution is 0.456. The number of hydrogen-bond acceptors (Lipinski definition) is 2. The van der Waals surface area contributed by atoms with Crippen LogP contribution < -0.4 is 5.32 Å². The van der Waals surface area contributed by atoms with Gasteiger partial charge in [-0.2, -0.15) is 0 Å². The van der Waals surface area contributed by atoms with E-state index in [-0.39, 0.29) is 0 Å². The van der Waals surface area contributed by atoms with Crippen LogP contribution in [0.15, 0.2) is 22.8 Å². The molecule has 0 radical (unpaired) electrons. The second-order valence-electron chi connectivity index (χ2n) is 5.84. The maximum atomic E-state index is 4.49. The highest BCUT2D eigenvalue weighted by molar-refractivity contribution is 9.10. The predicted octanol–water partition coefficient (Wildman–Crippen LogP) is 5.51. The average molecular weight is 355 g/mol. The predicted molar refractivity (Wildman–Crippen MR) is 95.7 cm³/mol. The molecule has 0 aliphatic rings. The summed E-state index contributed by atoms with van der Waals surface area (Å²) in [5.41, 5.74) is 1.19. The summed E-state index contributed by atoms with van der Waals surface area (Å²) in [7, 11) is 0. The molecule has 1 rings (SSSR count). The molecule has 1 atom stereocenters. The van der Waals surface area contributed by atoms with E-state index in [1.807, 2.05) is 6.20 Å². The summed E-state index contributed by atoms with van der Waals surface area (Å²) >= 11 is 3.44. The van der Waals surface area contributed by atoms with E-state index in [2.05, 4.69) is 52.2 Å². The lowest BCUT2D eigenvalue weighted by Gasteiger charge is -2.17. The van der Waals surface area contributed by atoms with Crippen molar-refractivity contribution >= 4 is 15.9 Å². The largest absolute Gasteiger partial charge is 0.314 e. The number of aromatic nitrogens is 1. The molecule has 0 aliphatic carbocycles. The molecule has 1 heterocycles. The van der Waals surface area contributed by atoms with Gasteiger partial charge in [0, 0.05) is 28.8 Å². The van der Waals surface area contributed by atoms with E-state index in [0.29, 0.717) is 6.04 Å². The fourth-order valence-corrected chi connectivity index (χ4v) is 2.93. The van der Waals surface area contributed by atoms with E-state index >= 15 is 0 Å². The van der Waals surface area contributed by atoms with Crippen molar-refractivity contribution < 1.29 is 0 Å². The molecular weight excluding hydrogens is 324 g/mol. The lowest BCUT2D eigenvalue weighted by atomic mass is 10.0. The Morgan fingerprint density at radius 1 is 1.05 bits per heavy atom. The summed E-state index contributed by atoms with van der Waals surface area (Å²) in [5.74, 6) is 0. The summed E-state index contributed by atoms with van der Waals surface area (Å²) in [5, 5.41) is 3.61. The Labute approximate surface area is 139 Å². The SMILES string of the molecule is CCCCCCCCCC(Cc1ccc(Br)cn1)NCC. The minimum absolute atomic E-state index is 0.569. The van der Waals surface area contributed by atoms with Gasteiger partial charge in [-0.3, -0.25) is 4.98 Å². The quantitative estimate of drug-likeness (QED) is 0.501. The zero-order valence-corrected chi connectivity index (χ0v) is 15.3. The molecule has 0 saturated heterocycles. The van der Waals surface area contributed by atoms with Gasteiger partial charge in [-0.1, -0.05) is 58.8 Å². The lowest BCUT2D eigenvalue weighted by Crippen LogP contribution is -2.31. The Kier molecular flexibility index (Phi) is 10.8. The molecule has 0 bridgehead atoms. The third-order valence-corrected chi connectivity index (χ3v) is 4.36. The first-order valence-electron chi connectivity index (χ1n) is 8.60. The molecule has 1 aromatic heterocycles. The molecule has 1 unspecified atom stereocenters. The number of nitrogens with one attached hydrogen (secondary N) is 1. The molecule has 3 heteroatoms. The minimum atomic E-state index is 0.569. The van der Waals surface area contributed by atoms with Crippen LogP contribution in [0.25, 0.3) is 0 Å². The Morgan fingerprint density at radius 3 is 2.38 bits per heavy atom. The number of halogens is 1. The summed E-state index contributed by atoms with van der Waals surface area (Å²) < 4.78 is 1.05. The monoisotopic (exact) mass is 354 g/mol. The van der Waals surface area contributed by atoms with Crippen molar-refractivity contribution in [2.75, 3.05) is 6.54 Å². The molecule has 120 valence electrons. The number of likely N-dealkylation sites (N-methyl/N-ethyl adjacent to an activating group) is 1. The van der Waals surface area contributed by atoms with Gasteiger partial charge in [0.25, 0.3) is 0 Å². The van der Waals surface area contributed by atoms with Crippen LogP contribution in [0.1, 0.15) is 70.9 Å². The van der Waals surface area contributed by atoms with E-state index in [0.717, 1.165) is 17.4 Å². The van der Waals surface area contributed by atoms with Crippen molar-refractivity contribution in [3.63, 3.8) is 0 Å². The number of nitrogens with zero attached hydrogens (tertiary/aromatic N) is 1. The summed E-state index contributed by atoms with van der Waals surface area (Å²) in [6.45, 7) is 5.50. The fraction of sp³-hybridized carbons (Fsp3) is 0.722. The van der Waals surface area contributed by atoms with Crippen LogP contribution >= 0.6 is 15.9 Å². The van der Waals surface area contributed by atoms with Crippen molar-refractivity contribution in [3.05, 3.63) is 28.5 Å². The zero-order valence-electron chi connectivity index (χ0n) is 13.7. The molecule has 2 nitrogen and oxygen atoms in total. The van der Waals surface area contributed by atoms with Crippen molar-refractivity contribution in [3.8, 4) is 0 Å². The van der Waals surface area contributed by atoms with Gasteiger partial charge in [0.2, 0.25) is 0 Å². The first-order valence-corrected chi connectivity index (χ1v) is 9.39. The number of pyridine rings is 1.